The van der Waals surface area contributed by atoms with Crippen LogP contribution in [0.15, 0.2) is 72.8 Å². The molecule has 6 nitrogen and oxygen atoms in total. The topological polar surface area (TPSA) is 76.7 Å². The molecule has 0 aliphatic rings. The van der Waals surface area contributed by atoms with Gasteiger partial charge in [-0.05, 0) is 48.4 Å². The van der Waals surface area contributed by atoms with E-state index in [1.165, 1.54) is 7.11 Å². The number of anilines is 2. The second-order valence-corrected chi connectivity index (χ2v) is 7.32. The largest absolute Gasteiger partial charge is 0.494 e. The number of para-hydroxylation sites is 1. The normalized spacial score (nSPS) is 10.3. The SMILES string of the molecule is CCCCC(=O)Nc1ccc(NC(=O)c2cccc(COc3ccccc3)c2)cc1OC. The van der Waals surface area contributed by atoms with Crippen LogP contribution in [0.4, 0.5) is 11.4 Å². The van der Waals surface area contributed by atoms with E-state index in [-0.39, 0.29) is 11.8 Å². The Labute approximate surface area is 188 Å². The van der Waals surface area contributed by atoms with E-state index in [0.717, 1.165) is 24.2 Å². The molecule has 6 heteroatoms. The summed E-state index contributed by atoms with van der Waals surface area (Å²) < 4.78 is 11.2. The molecule has 2 N–H and O–H groups in total. The molecule has 0 aliphatic heterocycles. The van der Waals surface area contributed by atoms with Gasteiger partial charge in [-0.25, -0.2) is 0 Å². The van der Waals surface area contributed by atoms with Crippen LogP contribution in [0.5, 0.6) is 11.5 Å². The van der Waals surface area contributed by atoms with Crippen molar-refractivity contribution < 1.29 is 19.1 Å². The van der Waals surface area contributed by atoms with Crippen LogP contribution in [0.25, 0.3) is 0 Å². The fourth-order valence-corrected chi connectivity index (χ4v) is 3.11. The summed E-state index contributed by atoms with van der Waals surface area (Å²) >= 11 is 0. The molecule has 3 aromatic rings. The Morgan fingerprint density at radius 1 is 0.906 bits per heavy atom. The van der Waals surface area contributed by atoms with Crippen molar-refractivity contribution in [3.63, 3.8) is 0 Å². The Kier molecular flexibility index (Phi) is 8.26. The van der Waals surface area contributed by atoms with Crippen molar-refractivity contribution in [3.05, 3.63) is 83.9 Å². The molecule has 0 aliphatic carbocycles. The molecule has 3 rings (SSSR count). The molecule has 0 spiro atoms. The van der Waals surface area contributed by atoms with Gasteiger partial charge in [-0.1, -0.05) is 43.7 Å². The molecule has 2 amide bonds. The second kappa shape index (κ2) is 11.6. The Morgan fingerprint density at radius 3 is 2.47 bits per heavy atom. The number of ether oxygens (including phenoxy) is 2. The fourth-order valence-electron chi connectivity index (χ4n) is 3.11. The smallest absolute Gasteiger partial charge is 0.255 e. The fraction of sp³-hybridized carbons (Fsp3) is 0.231. The summed E-state index contributed by atoms with van der Waals surface area (Å²) in [7, 11) is 1.53. The number of carbonyl (C=O) groups excluding carboxylic acids is 2. The molecule has 166 valence electrons. The van der Waals surface area contributed by atoms with Gasteiger partial charge in [-0.15, -0.1) is 0 Å². The number of hydrogen-bond acceptors (Lipinski definition) is 4. The molecule has 0 heterocycles. The number of nitrogens with one attached hydrogen (secondary N) is 2. The van der Waals surface area contributed by atoms with Crippen LogP contribution >= 0.6 is 0 Å². The van der Waals surface area contributed by atoms with Crippen LogP contribution in [0.2, 0.25) is 0 Å². The molecule has 0 fully saturated rings. The molecule has 0 bridgehead atoms. The Bertz CT molecular complexity index is 1050. The second-order valence-electron chi connectivity index (χ2n) is 7.32. The monoisotopic (exact) mass is 432 g/mol. The zero-order valence-corrected chi connectivity index (χ0v) is 18.4. The highest BCUT2D eigenvalue weighted by Gasteiger charge is 2.11. The van der Waals surface area contributed by atoms with Crippen molar-refractivity contribution in [2.24, 2.45) is 0 Å². The number of carbonyl (C=O) groups is 2. The van der Waals surface area contributed by atoms with E-state index in [1.54, 1.807) is 30.3 Å². The van der Waals surface area contributed by atoms with Crippen LogP contribution < -0.4 is 20.1 Å². The third kappa shape index (κ3) is 6.60. The van der Waals surface area contributed by atoms with Gasteiger partial charge in [0.05, 0.1) is 12.8 Å². The average molecular weight is 433 g/mol. The van der Waals surface area contributed by atoms with Gasteiger partial charge in [0.25, 0.3) is 5.91 Å². The highest BCUT2D eigenvalue weighted by atomic mass is 16.5. The van der Waals surface area contributed by atoms with E-state index < -0.39 is 0 Å². The van der Waals surface area contributed by atoms with Gasteiger partial charge in [0.2, 0.25) is 5.91 Å². The van der Waals surface area contributed by atoms with Gasteiger partial charge in [0, 0.05) is 23.7 Å². The maximum absolute atomic E-state index is 12.8. The van der Waals surface area contributed by atoms with Crippen LogP contribution in [-0.4, -0.2) is 18.9 Å². The lowest BCUT2D eigenvalue weighted by Crippen LogP contribution is -2.14. The summed E-state index contributed by atoms with van der Waals surface area (Å²) in [5.74, 6) is 0.957. The lowest BCUT2D eigenvalue weighted by molar-refractivity contribution is -0.116. The van der Waals surface area contributed by atoms with Gasteiger partial charge in [0.15, 0.2) is 0 Å². The maximum atomic E-state index is 12.8. The van der Waals surface area contributed by atoms with Gasteiger partial charge < -0.3 is 20.1 Å². The minimum absolute atomic E-state index is 0.0588. The van der Waals surface area contributed by atoms with Crippen molar-refractivity contribution in [3.8, 4) is 11.5 Å². The van der Waals surface area contributed by atoms with E-state index in [0.29, 0.717) is 35.7 Å². The summed E-state index contributed by atoms with van der Waals surface area (Å²) in [5, 5.41) is 5.73. The first-order valence-corrected chi connectivity index (χ1v) is 10.6. The van der Waals surface area contributed by atoms with Crippen molar-refractivity contribution >= 4 is 23.2 Å². The molecule has 0 unspecified atom stereocenters. The van der Waals surface area contributed by atoms with E-state index >= 15 is 0 Å². The molecular weight excluding hydrogens is 404 g/mol. The number of rotatable bonds is 10. The van der Waals surface area contributed by atoms with E-state index in [4.69, 9.17) is 9.47 Å². The van der Waals surface area contributed by atoms with Gasteiger partial charge in [0.1, 0.15) is 18.1 Å². The van der Waals surface area contributed by atoms with Crippen molar-refractivity contribution in [2.75, 3.05) is 17.7 Å². The van der Waals surface area contributed by atoms with E-state index in [9.17, 15) is 9.59 Å². The number of benzene rings is 3. The minimum atomic E-state index is -0.242. The molecule has 0 atom stereocenters. The number of amides is 2. The molecule has 0 radical (unpaired) electrons. The molecule has 32 heavy (non-hydrogen) atoms. The highest BCUT2D eigenvalue weighted by molar-refractivity contribution is 6.04. The Hall–Kier alpha value is -3.80. The lowest BCUT2D eigenvalue weighted by atomic mass is 10.1. The molecule has 0 saturated carbocycles. The molecule has 3 aromatic carbocycles. The summed E-state index contributed by atoms with van der Waals surface area (Å²) in [6.07, 6.45) is 2.25. The first-order chi connectivity index (χ1) is 15.6. The zero-order chi connectivity index (χ0) is 22.8. The quantitative estimate of drug-likeness (QED) is 0.434. The van der Waals surface area contributed by atoms with Crippen LogP contribution in [0.3, 0.4) is 0 Å². The highest BCUT2D eigenvalue weighted by Crippen LogP contribution is 2.28. The molecule has 0 saturated heterocycles. The zero-order valence-electron chi connectivity index (χ0n) is 18.4. The molecule has 0 aromatic heterocycles. The predicted octanol–water partition coefficient (Wildman–Crippen LogP) is 5.66. The number of hydrogen-bond donors (Lipinski definition) is 2. The van der Waals surface area contributed by atoms with E-state index in [2.05, 4.69) is 10.6 Å². The minimum Gasteiger partial charge on any atom is -0.494 e. The third-order valence-electron chi connectivity index (χ3n) is 4.83. The number of methoxy groups -OCH3 is 1. The summed E-state index contributed by atoms with van der Waals surface area (Å²) in [6.45, 7) is 2.41. The maximum Gasteiger partial charge on any atom is 0.255 e. The van der Waals surface area contributed by atoms with Crippen LogP contribution in [0.1, 0.15) is 42.1 Å². The average Bonchev–Trinajstić information content (AvgIpc) is 2.83. The van der Waals surface area contributed by atoms with Gasteiger partial charge in [-0.3, -0.25) is 9.59 Å². The Balaban J connectivity index is 1.64. The first-order valence-electron chi connectivity index (χ1n) is 10.6. The number of unbranched alkanes of at least 4 members (excludes halogenated alkanes) is 1. The summed E-state index contributed by atoms with van der Waals surface area (Å²) in [5.41, 5.74) is 2.57. The van der Waals surface area contributed by atoms with Crippen LogP contribution in [-0.2, 0) is 11.4 Å². The third-order valence-corrected chi connectivity index (χ3v) is 4.83. The van der Waals surface area contributed by atoms with Crippen molar-refractivity contribution in [1.82, 2.24) is 0 Å². The van der Waals surface area contributed by atoms with E-state index in [1.807, 2.05) is 49.4 Å². The summed E-state index contributed by atoms with van der Waals surface area (Å²) in [6, 6.07) is 22.0. The van der Waals surface area contributed by atoms with Crippen LogP contribution in [0, 0.1) is 0 Å². The summed E-state index contributed by atoms with van der Waals surface area (Å²) in [4.78, 5) is 24.8. The Morgan fingerprint density at radius 2 is 1.72 bits per heavy atom. The van der Waals surface area contributed by atoms with Crippen molar-refractivity contribution in [1.29, 1.82) is 0 Å². The predicted molar refractivity (Wildman–Crippen MR) is 126 cm³/mol. The van der Waals surface area contributed by atoms with Gasteiger partial charge in [-0.2, -0.15) is 0 Å². The van der Waals surface area contributed by atoms with Gasteiger partial charge >= 0.3 is 0 Å². The standard InChI is InChI=1S/C26H28N2O4/c1-3-4-13-25(29)28-23-15-14-21(17-24(23)31-2)27-26(30)20-10-8-9-19(16-20)18-32-22-11-6-5-7-12-22/h5-12,14-17H,3-4,13,18H2,1-2H3,(H,27,30)(H,28,29). The lowest BCUT2D eigenvalue weighted by Gasteiger charge is -2.13. The van der Waals surface area contributed by atoms with Crippen molar-refractivity contribution in [2.45, 2.75) is 32.8 Å². The first kappa shape index (κ1) is 22.9. The molecular formula is C26H28N2O4.